The summed E-state index contributed by atoms with van der Waals surface area (Å²) >= 11 is 0. The molecule has 0 saturated carbocycles. The Bertz CT molecular complexity index is 1200. The van der Waals surface area contributed by atoms with E-state index in [0.717, 1.165) is 5.69 Å². The highest BCUT2D eigenvalue weighted by Crippen LogP contribution is 2.10. The minimum Gasteiger partial charge on any atom is -0.408 e. The third kappa shape index (κ3) is 5.13. The third-order valence-electron chi connectivity index (χ3n) is 4.86. The molecule has 170 valence electrons. The van der Waals surface area contributed by atoms with Gasteiger partial charge in [-0.1, -0.05) is 26.8 Å². The zero-order valence-corrected chi connectivity index (χ0v) is 18.7. The number of oxazole rings is 1. The van der Waals surface area contributed by atoms with Gasteiger partial charge in [-0.05, 0) is 24.8 Å². The first-order chi connectivity index (χ1) is 15.3. The van der Waals surface area contributed by atoms with Crippen LogP contribution in [0.3, 0.4) is 0 Å². The van der Waals surface area contributed by atoms with Gasteiger partial charge >= 0.3 is 5.76 Å². The van der Waals surface area contributed by atoms with Gasteiger partial charge in [0.05, 0.1) is 11.9 Å². The van der Waals surface area contributed by atoms with Crippen molar-refractivity contribution in [2.24, 2.45) is 13.0 Å². The molecule has 0 spiro atoms. The smallest absolute Gasteiger partial charge is 0.408 e. The summed E-state index contributed by atoms with van der Waals surface area (Å²) in [6, 6.07) is 3.07. The summed E-state index contributed by atoms with van der Waals surface area (Å²) in [5, 5.41) is 9.75. The van der Waals surface area contributed by atoms with E-state index in [2.05, 4.69) is 20.7 Å². The average Bonchev–Trinajstić information content (AvgIpc) is 3.34. The maximum Gasteiger partial charge on any atom is 0.419 e. The number of nitrogens with one attached hydrogen (secondary N) is 2. The maximum absolute atomic E-state index is 12.6. The Labute approximate surface area is 185 Å². The fourth-order valence-electron chi connectivity index (χ4n) is 3.17. The Kier molecular flexibility index (Phi) is 7.24. The van der Waals surface area contributed by atoms with E-state index in [1.54, 1.807) is 19.2 Å². The molecule has 0 fully saturated rings. The fraction of sp³-hybridized carbons (Fsp3) is 0.409. The number of aromatic nitrogens is 4. The average molecular weight is 441 g/mol. The molecule has 10 nitrogen and oxygen atoms in total. The lowest BCUT2D eigenvalue weighted by Crippen LogP contribution is -2.31. The second kappa shape index (κ2) is 10.1. The lowest BCUT2D eigenvalue weighted by Gasteiger charge is -2.10. The first-order valence-electron chi connectivity index (χ1n) is 10.6. The highest BCUT2D eigenvalue weighted by atomic mass is 16.4. The molecule has 3 aromatic rings. The van der Waals surface area contributed by atoms with Gasteiger partial charge in [-0.2, -0.15) is 5.10 Å². The van der Waals surface area contributed by atoms with E-state index in [9.17, 15) is 14.4 Å². The number of carbonyl (C=O) groups is 2. The summed E-state index contributed by atoms with van der Waals surface area (Å²) in [5.41, 5.74) is 1.62. The summed E-state index contributed by atoms with van der Waals surface area (Å²) in [4.78, 5) is 41.1. The van der Waals surface area contributed by atoms with Crippen molar-refractivity contribution < 1.29 is 14.0 Å². The van der Waals surface area contributed by atoms with E-state index in [-0.39, 0.29) is 23.2 Å². The van der Waals surface area contributed by atoms with E-state index < -0.39 is 5.76 Å². The molecule has 3 rings (SSSR count). The molecule has 0 saturated heterocycles. The van der Waals surface area contributed by atoms with Crippen LogP contribution in [0.15, 0.2) is 33.6 Å². The Balaban J connectivity index is 1.65. The minimum atomic E-state index is -0.399. The van der Waals surface area contributed by atoms with Crippen molar-refractivity contribution in [3.8, 4) is 0 Å². The van der Waals surface area contributed by atoms with Crippen LogP contribution >= 0.6 is 0 Å². The zero-order chi connectivity index (χ0) is 23.3. The Morgan fingerprint density at radius 3 is 2.75 bits per heavy atom. The number of carbonyl (C=O) groups excluding carboxylic acids is 2. The first kappa shape index (κ1) is 23.0. The summed E-state index contributed by atoms with van der Waals surface area (Å²) in [6.07, 6.45) is 6.30. The van der Waals surface area contributed by atoms with Crippen LogP contribution in [0.4, 0.5) is 0 Å². The zero-order valence-electron chi connectivity index (χ0n) is 18.7. The van der Waals surface area contributed by atoms with E-state index in [1.807, 2.05) is 26.8 Å². The second-order valence-corrected chi connectivity index (χ2v) is 7.77. The quantitative estimate of drug-likeness (QED) is 0.489. The summed E-state index contributed by atoms with van der Waals surface area (Å²) in [6.45, 7) is 6.81. The summed E-state index contributed by atoms with van der Waals surface area (Å²) < 4.78 is 8.11. The molecular weight excluding hydrogens is 412 g/mol. The molecule has 0 radical (unpaired) electrons. The molecule has 2 amide bonds. The summed E-state index contributed by atoms with van der Waals surface area (Å²) in [5.74, 6) is -0.286. The van der Waals surface area contributed by atoms with Crippen LogP contribution in [0.1, 0.15) is 59.6 Å². The molecule has 3 heterocycles. The highest BCUT2D eigenvalue weighted by molar-refractivity contribution is 5.98. The van der Waals surface area contributed by atoms with Crippen LogP contribution in [0.25, 0.3) is 11.7 Å². The van der Waals surface area contributed by atoms with Crippen LogP contribution in [-0.4, -0.2) is 44.1 Å². The number of amides is 2. The van der Waals surface area contributed by atoms with Crippen molar-refractivity contribution in [3.05, 3.63) is 57.8 Å². The molecule has 0 aliphatic carbocycles. The molecule has 0 aromatic carbocycles. The van der Waals surface area contributed by atoms with E-state index >= 15 is 0 Å². The molecule has 2 N–H and O–H groups in total. The molecular formula is C22H28N6O4. The highest BCUT2D eigenvalue weighted by Gasteiger charge is 2.17. The van der Waals surface area contributed by atoms with Crippen LogP contribution < -0.4 is 16.4 Å². The van der Waals surface area contributed by atoms with Crippen LogP contribution in [0, 0.1) is 5.92 Å². The monoisotopic (exact) mass is 440 g/mol. The van der Waals surface area contributed by atoms with Crippen molar-refractivity contribution in [1.82, 2.24) is 29.8 Å². The SMILES string of the molecule is CCc1c(/C=C\CCNC(=O)c2cc(C(=O)NCC(C)C)n3nccc3n2)oc(=O)n1C. The molecule has 3 aromatic heterocycles. The van der Waals surface area contributed by atoms with Crippen LogP contribution in [-0.2, 0) is 13.5 Å². The van der Waals surface area contributed by atoms with Crippen LogP contribution in [0.2, 0.25) is 0 Å². The van der Waals surface area contributed by atoms with Gasteiger partial charge in [0, 0.05) is 32.3 Å². The van der Waals surface area contributed by atoms with Crippen molar-refractivity contribution in [2.45, 2.75) is 33.6 Å². The molecule has 0 bridgehead atoms. The van der Waals surface area contributed by atoms with Crippen molar-refractivity contribution in [1.29, 1.82) is 0 Å². The van der Waals surface area contributed by atoms with Gasteiger partial charge in [0.1, 0.15) is 11.4 Å². The lowest BCUT2D eigenvalue weighted by molar-refractivity contribution is 0.0941. The normalized spacial score (nSPS) is 11.5. The van der Waals surface area contributed by atoms with Gasteiger partial charge in [0.15, 0.2) is 11.4 Å². The van der Waals surface area contributed by atoms with Gasteiger partial charge in [-0.15, -0.1) is 0 Å². The van der Waals surface area contributed by atoms with Crippen molar-refractivity contribution in [2.75, 3.05) is 13.1 Å². The Morgan fingerprint density at radius 1 is 1.25 bits per heavy atom. The van der Waals surface area contributed by atoms with E-state index in [4.69, 9.17) is 4.42 Å². The topological polar surface area (TPSA) is 124 Å². The number of hydrogen-bond donors (Lipinski definition) is 2. The molecule has 0 atom stereocenters. The predicted molar refractivity (Wildman–Crippen MR) is 119 cm³/mol. The number of nitrogens with zero attached hydrogens (tertiary/aromatic N) is 4. The van der Waals surface area contributed by atoms with Gasteiger partial charge in [-0.25, -0.2) is 14.3 Å². The Hall–Kier alpha value is -3.69. The first-order valence-corrected chi connectivity index (χ1v) is 10.6. The molecule has 0 unspecified atom stereocenters. The molecule has 32 heavy (non-hydrogen) atoms. The van der Waals surface area contributed by atoms with Gasteiger partial charge in [0.2, 0.25) is 0 Å². The second-order valence-electron chi connectivity index (χ2n) is 7.77. The maximum atomic E-state index is 12.6. The summed E-state index contributed by atoms with van der Waals surface area (Å²) in [7, 11) is 1.67. The Morgan fingerprint density at radius 2 is 2.03 bits per heavy atom. The van der Waals surface area contributed by atoms with Gasteiger partial charge in [-0.3, -0.25) is 14.2 Å². The van der Waals surface area contributed by atoms with Crippen LogP contribution in [0.5, 0.6) is 0 Å². The van der Waals surface area contributed by atoms with Gasteiger partial charge in [0.25, 0.3) is 11.8 Å². The molecule has 0 aliphatic rings. The van der Waals surface area contributed by atoms with Crippen molar-refractivity contribution >= 4 is 23.5 Å². The van der Waals surface area contributed by atoms with Gasteiger partial charge < -0.3 is 15.1 Å². The van der Waals surface area contributed by atoms with E-state index in [0.29, 0.717) is 43.3 Å². The number of rotatable bonds is 9. The minimum absolute atomic E-state index is 0.138. The molecule has 0 aliphatic heterocycles. The lowest BCUT2D eigenvalue weighted by atomic mass is 10.2. The standard InChI is InChI=1S/C22H28N6O4/c1-5-16-18(32-22(31)27(16)4)8-6-7-10-23-20(29)15-12-17(21(30)24-13-14(2)3)28-19(26-15)9-11-25-28/h6,8-9,11-12,14H,5,7,10,13H2,1-4H3,(H,23,29)(H,24,30)/b8-6-. The molecule has 10 heteroatoms. The third-order valence-corrected chi connectivity index (χ3v) is 4.86. The van der Waals surface area contributed by atoms with Crippen molar-refractivity contribution in [3.63, 3.8) is 0 Å². The number of hydrogen-bond acceptors (Lipinski definition) is 6. The predicted octanol–water partition coefficient (Wildman–Crippen LogP) is 1.80. The fourth-order valence-corrected chi connectivity index (χ4v) is 3.17. The largest absolute Gasteiger partial charge is 0.419 e. The van der Waals surface area contributed by atoms with E-state index in [1.165, 1.54) is 21.3 Å². The number of fused-ring (bicyclic) bond motifs is 1.